The molecule has 2 aliphatic carbocycles. The molecule has 2 fully saturated rings. The molecule has 2 atom stereocenters. The van der Waals surface area contributed by atoms with Crippen molar-refractivity contribution >= 4 is 40.7 Å². The van der Waals surface area contributed by atoms with E-state index < -0.39 is 11.8 Å². The minimum Gasteiger partial charge on any atom is -0.481 e. The van der Waals surface area contributed by atoms with E-state index in [0.717, 1.165) is 18.4 Å². The first-order valence-corrected chi connectivity index (χ1v) is 9.91. The molecule has 1 aromatic carbocycles. The molecule has 0 aliphatic heterocycles. The number of aliphatic carboxylic acids is 1. The number of carboxylic acids is 1. The maximum absolute atomic E-state index is 14.8. The van der Waals surface area contributed by atoms with Gasteiger partial charge in [-0.3, -0.25) is 4.79 Å². The van der Waals surface area contributed by atoms with Gasteiger partial charge in [0.05, 0.1) is 12.1 Å². The summed E-state index contributed by atoms with van der Waals surface area (Å²) >= 11 is 12.9. The van der Waals surface area contributed by atoms with Gasteiger partial charge in [-0.25, -0.2) is 14.4 Å². The highest BCUT2D eigenvalue weighted by molar-refractivity contribution is 6.36. The molecule has 2 aromatic rings. The standard InChI is InChI=1S/C19H19Cl2FN4O2/c20-13-5-10(23-4-3-15(27)28)6-14(21)16(13)11-7-12(11)18-17(22)19(25-8-24-18)26-9-1-2-9/h5-6,8-9,11-12,23H,1-4,7H2,(H,27,28)(H,24,25,26). The van der Waals surface area contributed by atoms with E-state index in [1.54, 1.807) is 12.1 Å². The molecule has 1 aromatic heterocycles. The SMILES string of the molecule is O=C(O)CCNc1cc(Cl)c(C2CC2c2ncnc(NC3CC3)c2F)c(Cl)c1. The van der Waals surface area contributed by atoms with Crippen LogP contribution in [0.1, 0.15) is 48.8 Å². The van der Waals surface area contributed by atoms with E-state index in [0.29, 0.717) is 33.9 Å². The van der Waals surface area contributed by atoms with Crippen molar-refractivity contribution in [3.05, 3.63) is 45.6 Å². The number of benzene rings is 1. The third kappa shape index (κ3) is 4.15. The lowest BCUT2D eigenvalue weighted by Crippen LogP contribution is -2.08. The molecule has 0 bridgehead atoms. The van der Waals surface area contributed by atoms with E-state index in [2.05, 4.69) is 20.6 Å². The summed E-state index contributed by atoms with van der Waals surface area (Å²) in [5.41, 5.74) is 1.81. The molecule has 0 saturated heterocycles. The Kier molecular flexibility index (Phi) is 5.29. The molecular formula is C19H19Cl2FN4O2. The number of aromatic nitrogens is 2. The Balaban J connectivity index is 1.50. The van der Waals surface area contributed by atoms with E-state index >= 15 is 0 Å². The molecule has 28 heavy (non-hydrogen) atoms. The van der Waals surface area contributed by atoms with Gasteiger partial charge in [0.25, 0.3) is 0 Å². The van der Waals surface area contributed by atoms with Crippen LogP contribution in [0.2, 0.25) is 10.0 Å². The summed E-state index contributed by atoms with van der Waals surface area (Å²) in [5.74, 6) is -1.13. The summed E-state index contributed by atoms with van der Waals surface area (Å²) in [6, 6.07) is 3.74. The Morgan fingerprint density at radius 1 is 1.21 bits per heavy atom. The van der Waals surface area contributed by atoms with Gasteiger partial charge in [0, 0.05) is 34.2 Å². The second kappa shape index (κ2) is 7.72. The summed E-state index contributed by atoms with van der Waals surface area (Å²) in [6.07, 6.45) is 4.15. The Morgan fingerprint density at radius 2 is 1.93 bits per heavy atom. The molecule has 6 nitrogen and oxygen atoms in total. The fraction of sp³-hybridized carbons (Fsp3) is 0.421. The lowest BCUT2D eigenvalue weighted by atomic mass is 10.1. The number of anilines is 2. The normalized spacial score (nSPS) is 20.7. The van der Waals surface area contributed by atoms with Gasteiger partial charge in [0.2, 0.25) is 0 Å². The van der Waals surface area contributed by atoms with Gasteiger partial charge in [-0.15, -0.1) is 0 Å². The fourth-order valence-corrected chi connectivity index (χ4v) is 4.10. The van der Waals surface area contributed by atoms with Gasteiger partial charge in [0.1, 0.15) is 6.33 Å². The van der Waals surface area contributed by atoms with Gasteiger partial charge >= 0.3 is 5.97 Å². The summed E-state index contributed by atoms with van der Waals surface area (Å²) in [4.78, 5) is 18.8. The van der Waals surface area contributed by atoms with Crippen LogP contribution in [-0.2, 0) is 4.79 Å². The average Bonchev–Trinajstić information content (AvgIpc) is 3.52. The van der Waals surface area contributed by atoms with Crippen molar-refractivity contribution in [1.82, 2.24) is 9.97 Å². The number of rotatable bonds is 8. The largest absolute Gasteiger partial charge is 0.481 e. The first-order chi connectivity index (χ1) is 13.4. The Morgan fingerprint density at radius 3 is 2.57 bits per heavy atom. The monoisotopic (exact) mass is 424 g/mol. The Bertz CT molecular complexity index is 900. The highest BCUT2D eigenvalue weighted by Gasteiger charge is 2.45. The number of carboxylic acid groups (broad SMARTS) is 1. The molecule has 0 amide bonds. The number of carbonyl (C=O) groups is 1. The molecule has 148 valence electrons. The van der Waals surface area contributed by atoms with Gasteiger partial charge in [-0.2, -0.15) is 0 Å². The Hall–Kier alpha value is -2.12. The van der Waals surface area contributed by atoms with Crippen molar-refractivity contribution in [2.75, 3.05) is 17.2 Å². The highest BCUT2D eigenvalue weighted by Crippen LogP contribution is 2.58. The van der Waals surface area contributed by atoms with Crippen LogP contribution in [0.4, 0.5) is 15.9 Å². The van der Waals surface area contributed by atoms with Crippen LogP contribution in [0.15, 0.2) is 18.5 Å². The van der Waals surface area contributed by atoms with Crippen molar-refractivity contribution in [2.24, 2.45) is 0 Å². The van der Waals surface area contributed by atoms with Crippen LogP contribution >= 0.6 is 23.2 Å². The minimum absolute atomic E-state index is 0.00803. The highest BCUT2D eigenvalue weighted by atomic mass is 35.5. The van der Waals surface area contributed by atoms with Crippen molar-refractivity contribution in [2.45, 2.75) is 43.6 Å². The van der Waals surface area contributed by atoms with Gasteiger partial charge in [-0.05, 0) is 42.9 Å². The number of hydrogen-bond donors (Lipinski definition) is 3. The molecular weight excluding hydrogens is 406 g/mol. The van der Waals surface area contributed by atoms with Crippen LogP contribution in [-0.4, -0.2) is 33.6 Å². The van der Waals surface area contributed by atoms with Crippen LogP contribution in [0.25, 0.3) is 0 Å². The van der Waals surface area contributed by atoms with Gasteiger partial charge < -0.3 is 15.7 Å². The first-order valence-electron chi connectivity index (χ1n) is 9.15. The summed E-state index contributed by atoms with van der Waals surface area (Å²) < 4.78 is 14.8. The molecule has 9 heteroatoms. The lowest BCUT2D eigenvalue weighted by Gasteiger charge is -2.12. The van der Waals surface area contributed by atoms with E-state index in [1.165, 1.54) is 6.33 Å². The van der Waals surface area contributed by atoms with Crippen LogP contribution < -0.4 is 10.6 Å². The molecule has 2 aliphatic rings. The van der Waals surface area contributed by atoms with Crippen molar-refractivity contribution < 1.29 is 14.3 Å². The number of nitrogens with one attached hydrogen (secondary N) is 2. The third-order valence-electron chi connectivity index (χ3n) is 4.99. The van der Waals surface area contributed by atoms with Crippen molar-refractivity contribution in [1.29, 1.82) is 0 Å². The molecule has 2 saturated carbocycles. The van der Waals surface area contributed by atoms with Crippen LogP contribution in [0, 0.1) is 5.82 Å². The summed E-state index contributed by atoms with van der Waals surface area (Å²) in [5, 5.41) is 15.8. The summed E-state index contributed by atoms with van der Waals surface area (Å²) in [7, 11) is 0. The van der Waals surface area contributed by atoms with E-state index in [4.69, 9.17) is 28.3 Å². The number of halogens is 3. The number of hydrogen-bond acceptors (Lipinski definition) is 5. The maximum atomic E-state index is 14.8. The number of nitrogens with zero attached hydrogens (tertiary/aromatic N) is 2. The molecule has 2 unspecified atom stereocenters. The van der Waals surface area contributed by atoms with E-state index in [-0.39, 0.29) is 30.6 Å². The molecule has 4 rings (SSSR count). The minimum atomic E-state index is -0.885. The van der Waals surface area contributed by atoms with E-state index in [9.17, 15) is 9.18 Å². The maximum Gasteiger partial charge on any atom is 0.305 e. The predicted molar refractivity (Wildman–Crippen MR) is 106 cm³/mol. The second-order valence-electron chi connectivity index (χ2n) is 7.21. The zero-order chi connectivity index (χ0) is 19.8. The third-order valence-corrected chi connectivity index (χ3v) is 5.62. The van der Waals surface area contributed by atoms with Crippen molar-refractivity contribution in [3.63, 3.8) is 0 Å². The zero-order valence-electron chi connectivity index (χ0n) is 14.9. The predicted octanol–water partition coefficient (Wildman–Crippen LogP) is 4.65. The second-order valence-corrected chi connectivity index (χ2v) is 8.03. The fourth-order valence-electron chi connectivity index (χ4n) is 3.33. The lowest BCUT2D eigenvalue weighted by molar-refractivity contribution is -0.136. The van der Waals surface area contributed by atoms with Crippen LogP contribution in [0.3, 0.4) is 0 Å². The average molecular weight is 425 g/mol. The van der Waals surface area contributed by atoms with Gasteiger partial charge in [-0.1, -0.05) is 23.2 Å². The molecule has 0 radical (unpaired) electrons. The Labute approximate surface area is 171 Å². The zero-order valence-corrected chi connectivity index (χ0v) is 16.4. The van der Waals surface area contributed by atoms with Crippen molar-refractivity contribution in [3.8, 4) is 0 Å². The molecule has 1 heterocycles. The van der Waals surface area contributed by atoms with Gasteiger partial charge in [0.15, 0.2) is 11.6 Å². The van der Waals surface area contributed by atoms with Crippen LogP contribution in [0.5, 0.6) is 0 Å². The smallest absolute Gasteiger partial charge is 0.305 e. The first kappa shape index (κ1) is 19.2. The molecule has 3 N–H and O–H groups in total. The topological polar surface area (TPSA) is 87.1 Å². The quantitative estimate of drug-likeness (QED) is 0.571. The molecule has 0 spiro atoms. The summed E-state index contributed by atoms with van der Waals surface area (Å²) in [6.45, 7) is 0.274. The van der Waals surface area contributed by atoms with E-state index in [1.807, 2.05) is 0 Å².